The van der Waals surface area contributed by atoms with Crippen LogP contribution in [0.15, 0.2) is 36.7 Å². The van der Waals surface area contributed by atoms with Crippen LogP contribution >= 0.6 is 0 Å². The van der Waals surface area contributed by atoms with E-state index in [1.807, 2.05) is 12.4 Å². The number of ether oxygens (including phenoxy) is 1. The van der Waals surface area contributed by atoms with Crippen molar-refractivity contribution in [2.75, 3.05) is 51.3 Å². The van der Waals surface area contributed by atoms with Gasteiger partial charge in [0.25, 0.3) is 0 Å². The van der Waals surface area contributed by atoms with Crippen molar-refractivity contribution in [3.8, 4) is 11.3 Å². The number of nitrogens with one attached hydrogen (secondary N) is 1. The molecule has 1 unspecified atom stereocenters. The van der Waals surface area contributed by atoms with E-state index in [4.69, 9.17) is 19.8 Å². The first-order valence-corrected chi connectivity index (χ1v) is 10.6. The van der Waals surface area contributed by atoms with Crippen molar-refractivity contribution in [3.63, 3.8) is 0 Å². The highest BCUT2D eigenvalue weighted by molar-refractivity contribution is 6.01. The second kappa shape index (κ2) is 7.07. The van der Waals surface area contributed by atoms with E-state index >= 15 is 0 Å². The molecule has 154 valence electrons. The van der Waals surface area contributed by atoms with Crippen LogP contribution in [-0.4, -0.2) is 76.1 Å². The summed E-state index contributed by atoms with van der Waals surface area (Å²) in [5.41, 5.74) is 4.09. The lowest BCUT2D eigenvalue weighted by molar-refractivity contribution is 0.122. The van der Waals surface area contributed by atoms with Gasteiger partial charge in [0.15, 0.2) is 5.65 Å². The summed E-state index contributed by atoms with van der Waals surface area (Å²) < 4.78 is 7.66. The SMILES string of the molecule is CN1CCC(n2ncc3c(-c4cccc5[nH]ccc45)nc(N4CCOCC4)nc32)C1. The van der Waals surface area contributed by atoms with Crippen molar-refractivity contribution < 1.29 is 4.74 Å². The molecule has 2 saturated heterocycles. The predicted octanol–water partition coefficient (Wildman–Crippen LogP) is 2.69. The van der Waals surface area contributed by atoms with Gasteiger partial charge in [-0.05, 0) is 25.6 Å². The van der Waals surface area contributed by atoms with E-state index in [0.717, 1.165) is 66.4 Å². The number of anilines is 1. The fourth-order valence-electron chi connectivity index (χ4n) is 4.69. The minimum absolute atomic E-state index is 0.343. The zero-order valence-corrected chi connectivity index (χ0v) is 17.1. The Morgan fingerprint density at radius 2 is 1.97 bits per heavy atom. The third-order valence-electron chi connectivity index (χ3n) is 6.30. The lowest BCUT2D eigenvalue weighted by Gasteiger charge is -2.27. The van der Waals surface area contributed by atoms with Gasteiger partial charge < -0.3 is 19.5 Å². The predicted molar refractivity (Wildman–Crippen MR) is 117 cm³/mol. The van der Waals surface area contributed by atoms with Crippen molar-refractivity contribution in [2.24, 2.45) is 0 Å². The van der Waals surface area contributed by atoms with Crippen LogP contribution in [0.4, 0.5) is 5.95 Å². The van der Waals surface area contributed by atoms with Gasteiger partial charge in [-0.1, -0.05) is 12.1 Å². The molecule has 0 radical (unpaired) electrons. The van der Waals surface area contributed by atoms with E-state index in [1.54, 1.807) is 0 Å². The van der Waals surface area contributed by atoms with Gasteiger partial charge in [-0.25, -0.2) is 9.67 Å². The largest absolute Gasteiger partial charge is 0.378 e. The molecule has 0 saturated carbocycles. The van der Waals surface area contributed by atoms with Gasteiger partial charge in [0.05, 0.1) is 36.5 Å². The van der Waals surface area contributed by atoms with Gasteiger partial charge in [0.1, 0.15) is 0 Å². The minimum atomic E-state index is 0.343. The minimum Gasteiger partial charge on any atom is -0.378 e. The Labute approximate surface area is 174 Å². The van der Waals surface area contributed by atoms with Gasteiger partial charge in [-0.3, -0.25) is 0 Å². The quantitative estimate of drug-likeness (QED) is 0.567. The summed E-state index contributed by atoms with van der Waals surface area (Å²) in [6.07, 6.45) is 5.01. The van der Waals surface area contributed by atoms with E-state index in [9.17, 15) is 0 Å². The molecule has 4 aromatic rings. The van der Waals surface area contributed by atoms with E-state index in [-0.39, 0.29) is 0 Å². The second-order valence-corrected chi connectivity index (χ2v) is 8.25. The zero-order valence-electron chi connectivity index (χ0n) is 17.1. The molecule has 0 amide bonds. The standard InChI is InChI=1S/C22H25N7O/c1-27-8-6-15(14-27)29-21-18(13-24-29)20(17-3-2-4-19-16(17)5-7-23-19)25-22(26-21)28-9-11-30-12-10-28/h2-5,7,13,15,23H,6,8-12,14H2,1H3. The topological polar surface area (TPSA) is 75.1 Å². The van der Waals surface area contributed by atoms with Crippen molar-refractivity contribution in [2.45, 2.75) is 12.5 Å². The van der Waals surface area contributed by atoms with Crippen molar-refractivity contribution in [3.05, 3.63) is 36.7 Å². The normalized spacial score (nSPS) is 20.6. The Morgan fingerprint density at radius 3 is 2.80 bits per heavy atom. The second-order valence-electron chi connectivity index (χ2n) is 8.25. The molecule has 2 aliphatic rings. The molecule has 30 heavy (non-hydrogen) atoms. The number of morpholine rings is 1. The van der Waals surface area contributed by atoms with Crippen LogP contribution in [0.2, 0.25) is 0 Å². The molecule has 2 fully saturated rings. The number of H-pyrrole nitrogens is 1. The molecule has 5 heterocycles. The number of likely N-dealkylation sites (N-methyl/N-ethyl adjacent to an activating group) is 1. The van der Waals surface area contributed by atoms with E-state index in [1.165, 1.54) is 5.39 Å². The van der Waals surface area contributed by atoms with E-state index in [0.29, 0.717) is 19.3 Å². The third kappa shape index (κ3) is 2.86. The summed E-state index contributed by atoms with van der Waals surface area (Å²) in [4.78, 5) is 18.0. The summed E-state index contributed by atoms with van der Waals surface area (Å²) in [6.45, 7) is 5.10. The third-order valence-corrected chi connectivity index (χ3v) is 6.30. The number of benzene rings is 1. The molecule has 2 aliphatic heterocycles. The molecule has 0 aliphatic carbocycles. The Hall–Kier alpha value is -2.97. The first-order chi connectivity index (χ1) is 14.8. The summed E-state index contributed by atoms with van der Waals surface area (Å²) in [7, 11) is 2.16. The molecule has 3 aromatic heterocycles. The van der Waals surface area contributed by atoms with Crippen molar-refractivity contribution in [1.29, 1.82) is 0 Å². The number of aromatic amines is 1. The van der Waals surface area contributed by atoms with Gasteiger partial charge in [0.2, 0.25) is 5.95 Å². The summed E-state index contributed by atoms with van der Waals surface area (Å²) >= 11 is 0. The van der Waals surface area contributed by atoms with Gasteiger partial charge >= 0.3 is 0 Å². The first kappa shape index (κ1) is 17.9. The highest BCUT2D eigenvalue weighted by atomic mass is 16.5. The maximum Gasteiger partial charge on any atom is 0.228 e. The average molecular weight is 403 g/mol. The fourth-order valence-corrected chi connectivity index (χ4v) is 4.69. The summed E-state index contributed by atoms with van der Waals surface area (Å²) in [5, 5.41) is 6.96. The number of hydrogen-bond donors (Lipinski definition) is 1. The number of rotatable bonds is 3. The number of fused-ring (bicyclic) bond motifs is 2. The van der Waals surface area contributed by atoms with Crippen molar-refractivity contribution in [1.82, 2.24) is 29.6 Å². The Kier molecular flexibility index (Phi) is 4.21. The maximum absolute atomic E-state index is 5.55. The highest BCUT2D eigenvalue weighted by Gasteiger charge is 2.26. The number of likely N-dealkylation sites (tertiary alicyclic amines) is 1. The van der Waals surface area contributed by atoms with Crippen LogP contribution < -0.4 is 4.90 Å². The van der Waals surface area contributed by atoms with E-state index in [2.05, 4.69) is 50.8 Å². The maximum atomic E-state index is 5.55. The van der Waals surface area contributed by atoms with Crippen LogP contribution in [0.1, 0.15) is 12.5 Å². The lowest BCUT2D eigenvalue weighted by atomic mass is 10.0. The molecule has 6 rings (SSSR count). The van der Waals surface area contributed by atoms with Gasteiger partial charge in [0, 0.05) is 48.8 Å². The van der Waals surface area contributed by atoms with Crippen LogP contribution in [0.25, 0.3) is 33.2 Å². The molecular formula is C22H25N7O. The van der Waals surface area contributed by atoms with Crippen LogP contribution in [0.5, 0.6) is 0 Å². The van der Waals surface area contributed by atoms with E-state index < -0.39 is 0 Å². The van der Waals surface area contributed by atoms with Crippen LogP contribution in [0.3, 0.4) is 0 Å². The molecule has 0 spiro atoms. The Morgan fingerprint density at radius 1 is 1.07 bits per heavy atom. The molecule has 0 bridgehead atoms. The molecule has 8 heteroatoms. The molecule has 1 N–H and O–H groups in total. The number of aromatic nitrogens is 5. The number of nitrogens with zero attached hydrogens (tertiary/aromatic N) is 6. The highest BCUT2D eigenvalue weighted by Crippen LogP contribution is 2.34. The molecule has 1 atom stereocenters. The fraction of sp³-hybridized carbons (Fsp3) is 0.409. The Balaban J connectivity index is 1.57. The smallest absolute Gasteiger partial charge is 0.228 e. The first-order valence-electron chi connectivity index (χ1n) is 10.6. The molecular weight excluding hydrogens is 378 g/mol. The average Bonchev–Trinajstić information content (AvgIpc) is 3.52. The number of hydrogen-bond acceptors (Lipinski definition) is 6. The van der Waals surface area contributed by atoms with Crippen LogP contribution in [0, 0.1) is 0 Å². The zero-order chi connectivity index (χ0) is 20.1. The molecule has 1 aromatic carbocycles. The lowest BCUT2D eigenvalue weighted by Crippen LogP contribution is -2.37. The van der Waals surface area contributed by atoms with Crippen LogP contribution in [-0.2, 0) is 4.74 Å². The molecule has 8 nitrogen and oxygen atoms in total. The van der Waals surface area contributed by atoms with Gasteiger partial charge in [-0.2, -0.15) is 10.1 Å². The van der Waals surface area contributed by atoms with Gasteiger partial charge in [-0.15, -0.1) is 0 Å². The Bertz CT molecular complexity index is 1210. The summed E-state index contributed by atoms with van der Waals surface area (Å²) in [5.74, 6) is 0.765. The monoisotopic (exact) mass is 403 g/mol. The summed E-state index contributed by atoms with van der Waals surface area (Å²) in [6, 6.07) is 8.77. The van der Waals surface area contributed by atoms with Crippen molar-refractivity contribution >= 4 is 27.9 Å².